The third kappa shape index (κ3) is 4.53. The van der Waals surface area contributed by atoms with Crippen molar-refractivity contribution >= 4 is 6.01 Å². The molecule has 3 aliphatic rings. The Morgan fingerprint density at radius 3 is 2.62 bits per heavy atom. The van der Waals surface area contributed by atoms with Crippen LogP contribution >= 0.6 is 0 Å². The van der Waals surface area contributed by atoms with Gasteiger partial charge in [0, 0.05) is 24.5 Å². The molecule has 0 amide bonds. The number of benzene rings is 1. The van der Waals surface area contributed by atoms with E-state index < -0.39 is 5.60 Å². The van der Waals surface area contributed by atoms with Crippen molar-refractivity contribution in [2.45, 2.75) is 70.4 Å². The number of ether oxygens (including phenoxy) is 1. The van der Waals surface area contributed by atoms with Gasteiger partial charge in [0.2, 0.25) is 0 Å². The monoisotopic (exact) mass is 439 g/mol. The summed E-state index contributed by atoms with van der Waals surface area (Å²) >= 11 is 0. The maximum absolute atomic E-state index is 10.0. The number of rotatable bonds is 6. The van der Waals surface area contributed by atoms with Gasteiger partial charge >= 0.3 is 0 Å². The van der Waals surface area contributed by atoms with Crippen LogP contribution in [0.4, 0.5) is 6.01 Å². The van der Waals surface area contributed by atoms with Gasteiger partial charge in [-0.2, -0.15) is 4.98 Å². The Kier molecular flexibility index (Phi) is 5.70. The van der Waals surface area contributed by atoms with Crippen molar-refractivity contribution in [1.82, 2.24) is 9.88 Å². The highest BCUT2D eigenvalue weighted by molar-refractivity contribution is 5.37. The molecule has 32 heavy (non-hydrogen) atoms. The van der Waals surface area contributed by atoms with Crippen LogP contribution in [0.3, 0.4) is 0 Å². The summed E-state index contributed by atoms with van der Waals surface area (Å²) in [4.78, 5) is 9.53. The summed E-state index contributed by atoms with van der Waals surface area (Å²) in [6.45, 7) is 10.4. The number of oxazole rings is 1. The number of para-hydroxylation sites is 1. The van der Waals surface area contributed by atoms with Gasteiger partial charge in [-0.1, -0.05) is 18.2 Å². The zero-order valence-corrected chi connectivity index (χ0v) is 19.7. The number of hydrogen-bond acceptors (Lipinski definition) is 6. The smallest absolute Gasteiger partial charge is 0.297 e. The van der Waals surface area contributed by atoms with Crippen molar-refractivity contribution in [2.75, 3.05) is 37.7 Å². The molecule has 2 aliphatic heterocycles. The fraction of sp³-hybridized carbons (Fsp3) is 0.654. The Morgan fingerprint density at radius 1 is 1.19 bits per heavy atom. The Labute approximate surface area is 191 Å². The Hall–Kier alpha value is -2.05. The first-order chi connectivity index (χ1) is 15.3. The van der Waals surface area contributed by atoms with Crippen LogP contribution in [0.15, 0.2) is 34.9 Å². The van der Waals surface area contributed by atoms with Gasteiger partial charge in [-0.3, -0.25) is 0 Å². The minimum absolute atomic E-state index is 0.317. The summed E-state index contributed by atoms with van der Waals surface area (Å²) in [5.41, 5.74) is 1.90. The standard InChI is InChI=1S/C26H37N3O3/c1-19-15-31-24(27-19)29-16-26(17-29)11-8-21(14-26)28-12-9-20(10-13-28)22-6-4-5-7-23(22)32-18-25(2,3)30/h4-7,15,20-21,30H,8-14,16-18H2,1-3H3/t21-/m1/s1. The molecule has 1 aromatic heterocycles. The van der Waals surface area contributed by atoms with Gasteiger partial charge in [0.1, 0.15) is 18.6 Å². The highest BCUT2D eigenvalue weighted by atomic mass is 16.5. The Bertz CT molecular complexity index is 920. The van der Waals surface area contributed by atoms with Gasteiger partial charge in [0.25, 0.3) is 6.01 Å². The lowest BCUT2D eigenvalue weighted by Crippen LogP contribution is -2.56. The van der Waals surface area contributed by atoms with Gasteiger partial charge in [0.05, 0.1) is 11.3 Å². The van der Waals surface area contributed by atoms with Gasteiger partial charge < -0.3 is 24.1 Å². The van der Waals surface area contributed by atoms with Crippen LogP contribution in [0.2, 0.25) is 0 Å². The highest BCUT2D eigenvalue weighted by Gasteiger charge is 2.50. The summed E-state index contributed by atoms with van der Waals surface area (Å²) in [6, 6.07) is 9.90. The van der Waals surface area contributed by atoms with Crippen LogP contribution < -0.4 is 9.64 Å². The second-order valence-electron chi connectivity index (χ2n) is 11.0. The van der Waals surface area contributed by atoms with Crippen molar-refractivity contribution in [1.29, 1.82) is 0 Å². The number of anilines is 1. The molecule has 2 aromatic rings. The van der Waals surface area contributed by atoms with Crippen LogP contribution in [-0.4, -0.2) is 59.4 Å². The first-order valence-corrected chi connectivity index (χ1v) is 12.2. The fourth-order valence-corrected chi connectivity index (χ4v) is 5.94. The topological polar surface area (TPSA) is 62.0 Å². The van der Waals surface area contributed by atoms with Crippen LogP contribution in [0.1, 0.15) is 63.1 Å². The molecule has 1 saturated carbocycles. The molecule has 6 heteroatoms. The average molecular weight is 440 g/mol. The van der Waals surface area contributed by atoms with E-state index in [0.717, 1.165) is 43.6 Å². The molecule has 1 spiro atoms. The molecule has 6 nitrogen and oxygen atoms in total. The number of aromatic nitrogens is 1. The van der Waals surface area contributed by atoms with E-state index in [2.05, 4.69) is 26.9 Å². The molecule has 1 atom stereocenters. The van der Waals surface area contributed by atoms with E-state index in [0.29, 0.717) is 24.0 Å². The van der Waals surface area contributed by atoms with Gasteiger partial charge in [-0.15, -0.1) is 0 Å². The molecule has 1 N–H and O–H groups in total. The lowest BCUT2D eigenvalue weighted by molar-refractivity contribution is 0.0278. The van der Waals surface area contributed by atoms with Gasteiger partial charge in [0.15, 0.2) is 0 Å². The highest BCUT2D eigenvalue weighted by Crippen LogP contribution is 2.49. The first-order valence-electron chi connectivity index (χ1n) is 12.2. The first kappa shape index (κ1) is 21.8. The SMILES string of the molecule is Cc1coc(N2CC3(CC[C@@H](N4CCC(c5ccccc5OCC(C)(C)O)CC4)C3)C2)n1. The molecule has 1 aromatic carbocycles. The lowest BCUT2D eigenvalue weighted by atomic mass is 9.78. The van der Waals surface area contributed by atoms with Crippen molar-refractivity contribution in [2.24, 2.45) is 5.41 Å². The van der Waals surface area contributed by atoms with E-state index in [1.165, 1.54) is 37.7 Å². The van der Waals surface area contributed by atoms with E-state index in [4.69, 9.17) is 9.15 Å². The predicted octanol–water partition coefficient (Wildman–Crippen LogP) is 4.37. The van der Waals surface area contributed by atoms with Crippen LogP contribution in [-0.2, 0) is 0 Å². The number of hydrogen-bond donors (Lipinski definition) is 1. The summed E-state index contributed by atoms with van der Waals surface area (Å²) in [7, 11) is 0. The lowest BCUT2D eigenvalue weighted by Gasteiger charge is -2.48. The number of nitrogens with zero attached hydrogens (tertiary/aromatic N) is 3. The minimum atomic E-state index is -0.822. The number of aliphatic hydroxyl groups is 1. The summed E-state index contributed by atoms with van der Waals surface area (Å²) in [5, 5.41) is 10.0. The van der Waals surface area contributed by atoms with E-state index in [9.17, 15) is 5.11 Å². The summed E-state index contributed by atoms with van der Waals surface area (Å²) in [5.74, 6) is 1.47. The number of likely N-dealkylation sites (tertiary alicyclic amines) is 1. The molecule has 2 saturated heterocycles. The summed E-state index contributed by atoms with van der Waals surface area (Å²) in [6.07, 6.45) is 8.03. The summed E-state index contributed by atoms with van der Waals surface area (Å²) < 4.78 is 11.6. The van der Waals surface area contributed by atoms with Gasteiger partial charge in [-0.25, -0.2) is 0 Å². The second-order valence-corrected chi connectivity index (χ2v) is 11.0. The van der Waals surface area contributed by atoms with Crippen LogP contribution in [0.25, 0.3) is 0 Å². The normalized spacial score (nSPS) is 24.1. The number of piperidine rings is 1. The largest absolute Gasteiger partial charge is 0.490 e. The Balaban J connectivity index is 1.14. The fourth-order valence-electron chi connectivity index (χ4n) is 5.94. The zero-order valence-electron chi connectivity index (χ0n) is 19.7. The van der Waals surface area contributed by atoms with Gasteiger partial charge in [-0.05, 0) is 83.5 Å². The molecule has 5 rings (SSSR count). The molecule has 1 aliphatic carbocycles. The Morgan fingerprint density at radius 2 is 1.94 bits per heavy atom. The molecule has 174 valence electrons. The molecule has 0 radical (unpaired) electrons. The predicted molar refractivity (Wildman–Crippen MR) is 125 cm³/mol. The molecule has 3 fully saturated rings. The molecule has 0 unspecified atom stereocenters. The van der Waals surface area contributed by atoms with Crippen molar-refractivity contribution < 1.29 is 14.3 Å². The molecule has 3 heterocycles. The van der Waals surface area contributed by atoms with Crippen molar-refractivity contribution in [3.05, 3.63) is 41.8 Å². The molecular formula is C26H37N3O3. The zero-order chi connectivity index (χ0) is 22.3. The van der Waals surface area contributed by atoms with Crippen LogP contribution in [0, 0.1) is 12.3 Å². The van der Waals surface area contributed by atoms with Crippen LogP contribution in [0.5, 0.6) is 5.75 Å². The maximum Gasteiger partial charge on any atom is 0.297 e. The van der Waals surface area contributed by atoms with E-state index in [-0.39, 0.29) is 0 Å². The molecule has 0 bridgehead atoms. The van der Waals surface area contributed by atoms with E-state index in [1.54, 1.807) is 20.1 Å². The molecular weight excluding hydrogens is 402 g/mol. The van der Waals surface area contributed by atoms with Crippen molar-refractivity contribution in [3.8, 4) is 5.75 Å². The third-order valence-electron chi connectivity index (χ3n) is 7.59. The third-order valence-corrected chi connectivity index (χ3v) is 7.59. The minimum Gasteiger partial charge on any atom is -0.490 e. The number of aryl methyl sites for hydroxylation is 1. The second kappa shape index (κ2) is 8.38. The van der Waals surface area contributed by atoms with Crippen molar-refractivity contribution in [3.63, 3.8) is 0 Å². The average Bonchev–Trinajstić information content (AvgIpc) is 3.38. The van der Waals surface area contributed by atoms with E-state index in [1.807, 2.05) is 19.1 Å². The van der Waals surface area contributed by atoms with E-state index >= 15 is 0 Å². The quantitative estimate of drug-likeness (QED) is 0.721. The maximum atomic E-state index is 10.0.